The van der Waals surface area contributed by atoms with Crippen LogP contribution >= 0.6 is 0 Å². The fourth-order valence-corrected chi connectivity index (χ4v) is 0.926. The minimum atomic E-state index is 0.653. The summed E-state index contributed by atoms with van der Waals surface area (Å²) in [6.45, 7) is 3.24. The normalized spacial score (nSPS) is 10.1. The van der Waals surface area contributed by atoms with Crippen LogP contribution in [0.15, 0.2) is 24.3 Å². The highest BCUT2D eigenvalue weighted by atomic mass is 16.6. The molecule has 0 aromatic heterocycles. The standard InChI is InChI=1S/C9H14N2O/c1-2-12-11-7-8-5-3-4-6-9(8)10/h3-6,11H,2,7,10H2,1H3. The van der Waals surface area contributed by atoms with Crippen molar-refractivity contribution in [3.8, 4) is 0 Å². The zero-order valence-corrected chi connectivity index (χ0v) is 7.21. The fraction of sp³-hybridized carbons (Fsp3) is 0.333. The average molecular weight is 166 g/mol. The van der Waals surface area contributed by atoms with Crippen LogP contribution < -0.4 is 11.2 Å². The molecule has 0 radical (unpaired) electrons. The number of nitrogens with one attached hydrogen (secondary N) is 1. The maximum Gasteiger partial charge on any atom is 0.0654 e. The molecule has 0 saturated heterocycles. The van der Waals surface area contributed by atoms with Crippen LogP contribution in [0.4, 0.5) is 5.69 Å². The molecular weight excluding hydrogens is 152 g/mol. The number of nitrogens with two attached hydrogens (primary N) is 1. The summed E-state index contributed by atoms with van der Waals surface area (Å²) < 4.78 is 0. The van der Waals surface area contributed by atoms with E-state index >= 15 is 0 Å². The molecule has 3 N–H and O–H groups in total. The second kappa shape index (κ2) is 4.74. The fourth-order valence-electron chi connectivity index (χ4n) is 0.926. The van der Waals surface area contributed by atoms with Gasteiger partial charge in [0.1, 0.15) is 0 Å². The van der Waals surface area contributed by atoms with Crippen LogP contribution in [0, 0.1) is 0 Å². The summed E-state index contributed by atoms with van der Waals surface area (Å²) in [6, 6.07) is 7.73. The lowest BCUT2D eigenvalue weighted by Crippen LogP contribution is -2.14. The van der Waals surface area contributed by atoms with E-state index in [2.05, 4.69) is 5.48 Å². The Morgan fingerprint density at radius 3 is 2.83 bits per heavy atom. The number of nitrogen functional groups attached to an aromatic ring is 1. The van der Waals surface area contributed by atoms with Gasteiger partial charge >= 0.3 is 0 Å². The number of rotatable bonds is 4. The largest absolute Gasteiger partial charge is 0.398 e. The van der Waals surface area contributed by atoms with Gasteiger partial charge < -0.3 is 10.6 Å². The first-order chi connectivity index (χ1) is 5.84. The molecule has 3 heteroatoms. The molecule has 1 rings (SSSR count). The number of para-hydroxylation sites is 1. The minimum Gasteiger partial charge on any atom is -0.398 e. The molecule has 0 spiro atoms. The Balaban J connectivity index is 2.46. The van der Waals surface area contributed by atoms with Gasteiger partial charge in [0.25, 0.3) is 0 Å². The second-order valence-corrected chi connectivity index (χ2v) is 2.45. The Labute approximate surface area is 72.5 Å². The molecule has 12 heavy (non-hydrogen) atoms. The van der Waals surface area contributed by atoms with E-state index in [1.165, 1.54) is 0 Å². The first-order valence-corrected chi connectivity index (χ1v) is 4.02. The molecule has 1 aromatic carbocycles. The molecule has 0 heterocycles. The Bertz CT molecular complexity index is 238. The average Bonchev–Trinajstić information content (AvgIpc) is 2.09. The van der Waals surface area contributed by atoms with Crippen molar-refractivity contribution in [2.45, 2.75) is 13.5 Å². The number of benzene rings is 1. The molecule has 0 aliphatic carbocycles. The summed E-state index contributed by atoms with van der Waals surface area (Å²) in [5, 5.41) is 0. The van der Waals surface area contributed by atoms with Gasteiger partial charge in [-0.2, -0.15) is 5.48 Å². The lowest BCUT2D eigenvalue weighted by atomic mass is 10.2. The van der Waals surface area contributed by atoms with Gasteiger partial charge in [-0.3, -0.25) is 0 Å². The van der Waals surface area contributed by atoms with Crippen molar-refractivity contribution in [1.29, 1.82) is 0 Å². The summed E-state index contributed by atoms with van der Waals surface area (Å²) in [6.07, 6.45) is 0. The third kappa shape index (κ3) is 2.53. The van der Waals surface area contributed by atoms with Gasteiger partial charge in [-0.25, -0.2) is 0 Å². The SMILES string of the molecule is CCONCc1ccccc1N. The highest BCUT2D eigenvalue weighted by Gasteiger charge is 1.95. The van der Waals surface area contributed by atoms with Crippen LogP contribution in [0.25, 0.3) is 0 Å². The Morgan fingerprint density at radius 2 is 2.17 bits per heavy atom. The smallest absolute Gasteiger partial charge is 0.0654 e. The van der Waals surface area contributed by atoms with Crippen LogP contribution in [0.3, 0.4) is 0 Å². The molecular formula is C9H14N2O. The topological polar surface area (TPSA) is 47.3 Å². The monoisotopic (exact) mass is 166 g/mol. The molecule has 1 aromatic rings. The Hall–Kier alpha value is -1.06. The van der Waals surface area contributed by atoms with E-state index in [9.17, 15) is 0 Å². The van der Waals surface area contributed by atoms with Gasteiger partial charge in [0.2, 0.25) is 0 Å². The highest BCUT2D eigenvalue weighted by molar-refractivity contribution is 5.45. The van der Waals surface area contributed by atoms with Crippen molar-refractivity contribution in [2.75, 3.05) is 12.3 Å². The molecule has 3 nitrogen and oxygen atoms in total. The molecule has 0 aliphatic rings. The third-order valence-electron chi connectivity index (χ3n) is 1.56. The lowest BCUT2D eigenvalue weighted by molar-refractivity contribution is 0.0464. The van der Waals surface area contributed by atoms with Gasteiger partial charge in [0.15, 0.2) is 0 Å². The van der Waals surface area contributed by atoms with E-state index in [4.69, 9.17) is 10.6 Å². The predicted octanol–water partition coefficient (Wildman–Crippen LogP) is 1.31. The number of hydroxylamine groups is 1. The Kier molecular flexibility index (Phi) is 3.57. The summed E-state index contributed by atoms with van der Waals surface area (Å²) in [7, 11) is 0. The zero-order valence-electron chi connectivity index (χ0n) is 7.21. The lowest BCUT2D eigenvalue weighted by Gasteiger charge is -2.05. The number of hydrogen-bond acceptors (Lipinski definition) is 3. The molecule has 0 bridgehead atoms. The van der Waals surface area contributed by atoms with E-state index < -0.39 is 0 Å². The number of hydrogen-bond donors (Lipinski definition) is 2. The first-order valence-electron chi connectivity index (χ1n) is 4.02. The van der Waals surface area contributed by atoms with E-state index in [-0.39, 0.29) is 0 Å². The van der Waals surface area contributed by atoms with E-state index in [0.29, 0.717) is 13.2 Å². The minimum absolute atomic E-state index is 0.653. The molecule has 0 amide bonds. The molecule has 0 aliphatic heterocycles. The van der Waals surface area contributed by atoms with E-state index in [1.807, 2.05) is 31.2 Å². The quantitative estimate of drug-likeness (QED) is 0.403. The maximum atomic E-state index is 5.71. The van der Waals surface area contributed by atoms with Gasteiger partial charge in [-0.1, -0.05) is 18.2 Å². The van der Waals surface area contributed by atoms with Crippen molar-refractivity contribution in [3.05, 3.63) is 29.8 Å². The van der Waals surface area contributed by atoms with Crippen molar-refractivity contribution < 1.29 is 4.84 Å². The van der Waals surface area contributed by atoms with Crippen LogP contribution in [0.1, 0.15) is 12.5 Å². The second-order valence-electron chi connectivity index (χ2n) is 2.45. The summed E-state index contributed by atoms with van der Waals surface area (Å²) in [4.78, 5) is 4.99. The van der Waals surface area contributed by atoms with Gasteiger partial charge in [0.05, 0.1) is 6.61 Å². The van der Waals surface area contributed by atoms with Crippen LogP contribution in [-0.2, 0) is 11.4 Å². The van der Waals surface area contributed by atoms with Gasteiger partial charge in [-0.05, 0) is 18.6 Å². The molecule has 0 unspecified atom stereocenters. The van der Waals surface area contributed by atoms with E-state index in [0.717, 1.165) is 11.3 Å². The van der Waals surface area contributed by atoms with Crippen LogP contribution in [-0.4, -0.2) is 6.61 Å². The maximum absolute atomic E-state index is 5.71. The number of anilines is 1. The van der Waals surface area contributed by atoms with Crippen molar-refractivity contribution >= 4 is 5.69 Å². The van der Waals surface area contributed by atoms with Gasteiger partial charge in [-0.15, -0.1) is 0 Å². The molecule has 66 valence electrons. The predicted molar refractivity (Wildman–Crippen MR) is 49.3 cm³/mol. The summed E-state index contributed by atoms with van der Waals surface area (Å²) >= 11 is 0. The van der Waals surface area contributed by atoms with E-state index in [1.54, 1.807) is 0 Å². The highest BCUT2D eigenvalue weighted by Crippen LogP contribution is 2.09. The molecule has 0 saturated carbocycles. The van der Waals surface area contributed by atoms with Crippen LogP contribution in [0.5, 0.6) is 0 Å². The van der Waals surface area contributed by atoms with Crippen molar-refractivity contribution in [2.24, 2.45) is 0 Å². The summed E-state index contributed by atoms with van der Waals surface area (Å²) in [5.41, 5.74) is 10.4. The summed E-state index contributed by atoms with van der Waals surface area (Å²) in [5.74, 6) is 0. The molecule has 0 atom stereocenters. The molecule has 0 fully saturated rings. The van der Waals surface area contributed by atoms with Crippen molar-refractivity contribution in [3.63, 3.8) is 0 Å². The van der Waals surface area contributed by atoms with Crippen molar-refractivity contribution in [1.82, 2.24) is 5.48 Å². The zero-order chi connectivity index (χ0) is 8.81. The third-order valence-corrected chi connectivity index (χ3v) is 1.56. The van der Waals surface area contributed by atoms with Gasteiger partial charge in [0, 0.05) is 12.2 Å². The van der Waals surface area contributed by atoms with Crippen LogP contribution in [0.2, 0.25) is 0 Å². The first kappa shape index (κ1) is 9.03. The Morgan fingerprint density at radius 1 is 1.42 bits per heavy atom.